The third kappa shape index (κ3) is 4.68. The van der Waals surface area contributed by atoms with Crippen molar-refractivity contribution in [1.82, 2.24) is 13.9 Å². The van der Waals surface area contributed by atoms with Crippen LogP contribution in [0.5, 0.6) is 0 Å². The molecular formula is C27H31N3O2S. The minimum absolute atomic E-state index is 0.368. The van der Waals surface area contributed by atoms with Gasteiger partial charge < -0.3 is 4.57 Å². The molecule has 1 fully saturated rings. The van der Waals surface area contributed by atoms with Crippen LogP contribution in [0.15, 0.2) is 78.4 Å². The molecule has 0 amide bonds. The van der Waals surface area contributed by atoms with E-state index in [-0.39, 0.29) is 0 Å². The molecule has 0 spiro atoms. The zero-order valence-electron chi connectivity index (χ0n) is 19.2. The third-order valence-corrected chi connectivity index (χ3v) is 8.36. The normalized spacial score (nSPS) is 19.5. The monoisotopic (exact) mass is 461 g/mol. The molecular weight excluding hydrogens is 430 g/mol. The van der Waals surface area contributed by atoms with E-state index in [9.17, 15) is 8.42 Å². The van der Waals surface area contributed by atoms with E-state index < -0.39 is 10.0 Å². The van der Waals surface area contributed by atoms with Crippen molar-refractivity contribution in [3.63, 3.8) is 0 Å². The first-order chi connectivity index (χ1) is 16.0. The molecule has 3 aliphatic rings. The van der Waals surface area contributed by atoms with E-state index in [1.165, 1.54) is 39.7 Å². The van der Waals surface area contributed by atoms with E-state index in [0.29, 0.717) is 19.0 Å². The zero-order valence-corrected chi connectivity index (χ0v) is 20.0. The number of hydrogen-bond donors (Lipinski definition) is 0. The Morgan fingerprint density at radius 2 is 1.91 bits per heavy atom. The van der Waals surface area contributed by atoms with Crippen LogP contribution in [0.2, 0.25) is 0 Å². The first-order valence-electron chi connectivity index (χ1n) is 11.8. The topological polar surface area (TPSA) is 55.2 Å². The maximum atomic E-state index is 12.1. The van der Waals surface area contributed by atoms with Crippen molar-refractivity contribution < 1.29 is 8.42 Å². The number of nitrogens with zero attached hydrogens (tertiary/aromatic N) is 3. The zero-order chi connectivity index (χ0) is 22.8. The highest BCUT2D eigenvalue weighted by molar-refractivity contribution is 7.88. The van der Waals surface area contributed by atoms with Crippen LogP contribution >= 0.6 is 0 Å². The second kappa shape index (κ2) is 9.27. The van der Waals surface area contributed by atoms with Gasteiger partial charge in [-0.25, -0.2) is 17.7 Å². The van der Waals surface area contributed by atoms with Crippen LogP contribution in [-0.4, -0.2) is 41.6 Å². The van der Waals surface area contributed by atoms with Crippen molar-refractivity contribution in [2.45, 2.75) is 38.6 Å². The molecule has 5 nitrogen and oxygen atoms in total. The van der Waals surface area contributed by atoms with Gasteiger partial charge in [0, 0.05) is 32.0 Å². The molecule has 2 aliphatic carbocycles. The number of aryl methyl sites for hydroxylation is 1. The van der Waals surface area contributed by atoms with E-state index in [2.05, 4.69) is 58.1 Å². The average Bonchev–Trinajstić information content (AvgIpc) is 3.28. The molecule has 6 heteroatoms. The highest BCUT2D eigenvalue weighted by Crippen LogP contribution is 2.45. The molecule has 33 heavy (non-hydrogen) atoms. The van der Waals surface area contributed by atoms with E-state index in [4.69, 9.17) is 0 Å². The molecule has 1 aliphatic heterocycles. The summed E-state index contributed by atoms with van der Waals surface area (Å²) in [5, 5.41) is 0. The Balaban J connectivity index is 1.48. The molecule has 0 unspecified atom stereocenters. The van der Waals surface area contributed by atoms with E-state index >= 15 is 0 Å². The number of piperidine rings is 1. The summed E-state index contributed by atoms with van der Waals surface area (Å²) < 4.78 is 27.9. The van der Waals surface area contributed by atoms with Gasteiger partial charge in [-0.15, -0.1) is 0 Å². The second-order valence-electron chi connectivity index (χ2n) is 9.20. The number of aromatic nitrogens is 2. The smallest absolute Gasteiger partial charge is 0.211 e. The highest BCUT2D eigenvalue weighted by Gasteiger charge is 2.31. The summed E-state index contributed by atoms with van der Waals surface area (Å²) in [6, 6.07) is 8.81. The quantitative estimate of drug-likeness (QED) is 0.603. The Labute approximate surface area is 196 Å². The van der Waals surface area contributed by atoms with Crippen LogP contribution in [0.25, 0.3) is 11.1 Å². The second-order valence-corrected chi connectivity index (χ2v) is 11.2. The standard InChI is InChI=1S/C27H31N3O2S/c1-33(31,32)30-16-12-21(13-17-30)27-25-10-3-2-7-23(25)19-22(24-9-4-5-11-26(24)27)8-6-15-29-18-14-28-20-29/h2-5,7,9,11,14,18-21H,6,8,10,12-13,15-17H2,1H3. The third-order valence-electron chi connectivity index (χ3n) is 7.05. The number of fused-ring (bicyclic) bond motifs is 2. The SMILES string of the molecule is CS(=O)(=O)N1CCC(C2=C3CC=CC=C3C=C(CCCn3ccnc3)c3ccccc32)CC1. The maximum absolute atomic E-state index is 12.1. The number of hydrogen-bond acceptors (Lipinski definition) is 3. The van der Waals surface area contributed by atoms with Gasteiger partial charge in [-0.2, -0.15) is 0 Å². The summed E-state index contributed by atoms with van der Waals surface area (Å²) in [5.41, 5.74) is 8.19. The summed E-state index contributed by atoms with van der Waals surface area (Å²) in [5.74, 6) is 0.368. The minimum atomic E-state index is -3.13. The lowest BCUT2D eigenvalue weighted by molar-refractivity contribution is 0.312. The Hall–Kier alpha value is -2.70. The van der Waals surface area contributed by atoms with Crippen molar-refractivity contribution in [3.05, 3.63) is 89.6 Å². The molecule has 0 bridgehead atoms. The van der Waals surface area contributed by atoms with Gasteiger partial charge in [0.1, 0.15) is 0 Å². The van der Waals surface area contributed by atoms with Gasteiger partial charge in [-0.3, -0.25) is 0 Å². The molecule has 2 aromatic rings. The lowest BCUT2D eigenvalue weighted by atomic mass is 9.79. The lowest BCUT2D eigenvalue weighted by Crippen LogP contribution is -2.38. The van der Waals surface area contributed by atoms with E-state index in [1.807, 2.05) is 18.7 Å². The van der Waals surface area contributed by atoms with Crippen LogP contribution in [0, 0.1) is 5.92 Å². The average molecular weight is 462 g/mol. The maximum Gasteiger partial charge on any atom is 0.211 e. The molecule has 1 saturated heterocycles. The number of sulfonamides is 1. The van der Waals surface area contributed by atoms with Gasteiger partial charge in [0.05, 0.1) is 12.6 Å². The lowest BCUT2D eigenvalue weighted by Gasteiger charge is -2.33. The Bertz CT molecular complexity index is 1240. The fourth-order valence-electron chi connectivity index (χ4n) is 5.42. The number of imidazole rings is 1. The van der Waals surface area contributed by atoms with Crippen molar-refractivity contribution >= 4 is 21.2 Å². The molecule has 1 aromatic heterocycles. The van der Waals surface area contributed by atoms with Crippen LogP contribution < -0.4 is 0 Å². The fourth-order valence-corrected chi connectivity index (χ4v) is 6.30. The first-order valence-corrected chi connectivity index (χ1v) is 13.7. The van der Waals surface area contributed by atoms with E-state index in [0.717, 1.165) is 38.6 Å². The first kappa shape index (κ1) is 22.1. The molecule has 0 atom stereocenters. The van der Waals surface area contributed by atoms with Crippen LogP contribution in [-0.2, 0) is 16.6 Å². The van der Waals surface area contributed by atoms with Crippen LogP contribution in [0.4, 0.5) is 0 Å². The Kier molecular flexibility index (Phi) is 6.21. The molecule has 0 radical (unpaired) electrons. The van der Waals surface area contributed by atoms with Crippen molar-refractivity contribution in [2.24, 2.45) is 5.92 Å². The summed E-state index contributed by atoms with van der Waals surface area (Å²) in [6.45, 7) is 2.15. The Morgan fingerprint density at radius 1 is 1.12 bits per heavy atom. The molecule has 1 aromatic carbocycles. The molecule has 0 saturated carbocycles. The van der Waals surface area contributed by atoms with Crippen molar-refractivity contribution in [3.8, 4) is 0 Å². The summed E-state index contributed by atoms with van der Waals surface area (Å²) in [4.78, 5) is 4.16. The largest absolute Gasteiger partial charge is 0.337 e. The molecule has 5 rings (SSSR count). The fraction of sp³-hybridized carbons (Fsp3) is 0.370. The number of allylic oxidation sites excluding steroid dienone is 8. The Morgan fingerprint density at radius 3 is 2.64 bits per heavy atom. The van der Waals surface area contributed by atoms with Gasteiger partial charge in [0.2, 0.25) is 10.0 Å². The van der Waals surface area contributed by atoms with Gasteiger partial charge >= 0.3 is 0 Å². The predicted octanol–water partition coefficient (Wildman–Crippen LogP) is 5.07. The molecule has 172 valence electrons. The van der Waals surface area contributed by atoms with Gasteiger partial charge in [0.15, 0.2) is 0 Å². The van der Waals surface area contributed by atoms with Crippen molar-refractivity contribution in [1.29, 1.82) is 0 Å². The van der Waals surface area contributed by atoms with Gasteiger partial charge in [-0.05, 0) is 71.4 Å². The predicted molar refractivity (Wildman–Crippen MR) is 134 cm³/mol. The van der Waals surface area contributed by atoms with Crippen LogP contribution in [0.3, 0.4) is 0 Å². The number of benzene rings is 1. The van der Waals surface area contributed by atoms with Gasteiger partial charge in [0.25, 0.3) is 0 Å². The number of rotatable bonds is 6. The van der Waals surface area contributed by atoms with Crippen molar-refractivity contribution in [2.75, 3.05) is 19.3 Å². The minimum Gasteiger partial charge on any atom is -0.337 e. The van der Waals surface area contributed by atoms with Crippen LogP contribution in [0.1, 0.15) is 43.2 Å². The van der Waals surface area contributed by atoms with E-state index in [1.54, 1.807) is 4.31 Å². The summed E-state index contributed by atoms with van der Waals surface area (Å²) in [7, 11) is -3.13. The van der Waals surface area contributed by atoms with Gasteiger partial charge in [-0.1, -0.05) is 48.6 Å². The highest BCUT2D eigenvalue weighted by atomic mass is 32.2. The molecule has 2 heterocycles. The summed E-state index contributed by atoms with van der Waals surface area (Å²) >= 11 is 0. The molecule has 0 N–H and O–H groups in total. The summed E-state index contributed by atoms with van der Waals surface area (Å²) in [6.07, 6.45) is 20.8.